The van der Waals surface area contributed by atoms with Gasteiger partial charge in [0.25, 0.3) is 0 Å². The van der Waals surface area contributed by atoms with Crippen molar-refractivity contribution in [1.29, 1.82) is 0 Å². The zero-order chi connectivity index (χ0) is 23.2. The molecule has 0 unspecified atom stereocenters. The smallest absolute Gasteiger partial charge is 0.167 e. The van der Waals surface area contributed by atoms with E-state index in [1.54, 1.807) is 7.11 Å². The van der Waals surface area contributed by atoms with E-state index in [4.69, 9.17) is 37.4 Å². The first-order valence-corrected chi connectivity index (χ1v) is 12.2. The molecule has 1 heterocycles. The molecule has 0 saturated carbocycles. The Morgan fingerprint density at radius 1 is 1.03 bits per heavy atom. The molecule has 1 N–H and O–H groups in total. The van der Waals surface area contributed by atoms with E-state index in [0.717, 1.165) is 53.3 Å². The molecule has 3 aromatic carbocycles. The van der Waals surface area contributed by atoms with Gasteiger partial charge in [-0.3, -0.25) is 0 Å². The van der Waals surface area contributed by atoms with Gasteiger partial charge in [-0.15, -0.1) is 0 Å². The molecule has 4 rings (SSSR count). The van der Waals surface area contributed by atoms with Gasteiger partial charge in [-0.25, -0.2) is 0 Å². The highest BCUT2D eigenvalue weighted by molar-refractivity contribution is 9.10. The van der Waals surface area contributed by atoms with Gasteiger partial charge in [-0.2, -0.15) is 0 Å². The van der Waals surface area contributed by atoms with Gasteiger partial charge in [-0.05, 0) is 36.4 Å². The summed E-state index contributed by atoms with van der Waals surface area (Å²) in [5.74, 6) is 1.32. The third-order valence-electron chi connectivity index (χ3n) is 5.49. The second kappa shape index (κ2) is 11.3. The largest absolute Gasteiger partial charge is 0.493 e. The Kier molecular flexibility index (Phi) is 8.25. The number of benzene rings is 3. The predicted molar refractivity (Wildman–Crippen MR) is 138 cm³/mol. The van der Waals surface area contributed by atoms with Crippen LogP contribution < -0.4 is 19.7 Å². The number of methoxy groups -OCH3 is 1. The zero-order valence-corrected chi connectivity index (χ0v) is 21.3. The molecular weight excluding hydrogens is 527 g/mol. The van der Waals surface area contributed by atoms with Gasteiger partial charge in [0.05, 0.1) is 31.0 Å². The van der Waals surface area contributed by atoms with Crippen molar-refractivity contribution in [3.63, 3.8) is 0 Å². The minimum absolute atomic E-state index is 0.333. The van der Waals surface area contributed by atoms with Crippen LogP contribution in [0.3, 0.4) is 0 Å². The first kappa shape index (κ1) is 24.0. The van der Waals surface area contributed by atoms with Gasteiger partial charge in [0.15, 0.2) is 11.5 Å². The van der Waals surface area contributed by atoms with Crippen LogP contribution in [0.15, 0.2) is 59.1 Å². The Hall–Kier alpha value is -2.12. The minimum Gasteiger partial charge on any atom is -0.493 e. The van der Waals surface area contributed by atoms with Crippen molar-refractivity contribution in [1.82, 2.24) is 0 Å². The standard InChI is InChI=1S/C25H25BrCl2N2O3/c1-31-24-9-7-20(26)19(25(24)33-16-17-4-2-3-5-21(17)27)15-29-18-6-8-23(22(28)14-18)30-10-12-32-13-11-30/h2-9,14,29H,10-13,15-16H2,1H3. The Morgan fingerprint density at radius 2 is 1.82 bits per heavy atom. The Labute approximate surface area is 212 Å². The van der Waals surface area contributed by atoms with Crippen LogP contribution in [0.4, 0.5) is 11.4 Å². The van der Waals surface area contributed by atoms with Crippen LogP contribution in [0.25, 0.3) is 0 Å². The molecule has 1 aliphatic heterocycles. The Bertz CT molecular complexity index is 1110. The van der Waals surface area contributed by atoms with E-state index in [0.29, 0.717) is 34.7 Å². The summed E-state index contributed by atoms with van der Waals surface area (Å²) in [5, 5.41) is 4.83. The SMILES string of the molecule is COc1ccc(Br)c(CNc2ccc(N3CCOCC3)c(Cl)c2)c1OCc1ccccc1Cl. The van der Waals surface area contributed by atoms with Crippen LogP contribution in [0.2, 0.25) is 10.0 Å². The molecule has 5 nitrogen and oxygen atoms in total. The summed E-state index contributed by atoms with van der Waals surface area (Å²) in [6.45, 7) is 3.97. The molecule has 0 bridgehead atoms. The van der Waals surface area contributed by atoms with Crippen LogP contribution in [0.1, 0.15) is 11.1 Å². The molecule has 0 aromatic heterocycles. The lowest BCUT2D eigenvalue weighted by molar-refractivity contribution is 0.122. The summed E-state index contributed by atoms with van der Waals surface area (Å²) in [6.07, 6.45) is 0. The summed E-state index contributed by atoms with van der Waals surface area (Å²) >= 11 is 16.6. The van der Waals surface area contributed by atoms with Crippen molar-refractivity contribution in [3.05, 3.63) is 80.2 Å². The van der Waals surface area contributed by atoms with Crippen LogP contribution in [-0.2, 0) is 17.9 Å². The third-order valence-corrected chi connectivity index (χ3v) is 6.90. The van der Waals surface area contributed by atoms with Crippen LogP contribution >= 0.6 is 39.1 Å². The van der Waals surface area contributed by atoms with Crippen molar-refractivity contribution in [2.45, 2.75) is 13.2 Å². The molecule has 0 aliphatic carbocycles. The Morgan fingerprint density at radius 3 is 2.55 bits per heavy atom. The fourth-order valence-electron chi connectivity index (χ4n) is 3.70. The fraction of sp³-hybridized carbons (Fsp3) is 0.280. The van der Waals surface area contributed by atoms with Crippen molar-refractivity contribution in [2.75, 3.05) is 43.6 Å². The molecule has 33 heavy (non-hydrogen) atoms. The second-order valence-electron chi connectivity index (χ2n) is 7.56. The molecule has 0 spiro atoms. The maximum Gasteiger partial charge on any atom is 0.167 e. The molecule has 1 aliphatic rings. The lowest BCUT2D eigenvalue weighted by Gasteiger charge is -2.29. The number of nitrogens with one attached hydrogen (secondary N) is 1. The first-order valence-electron chi connectivity index (χ1n) is 10.6. The summed E-state index contributed by atoms with van der Waals surface area (Å²) in [5.41, 5.74) is 3.79. The average Bonchev–Trinajstić information content (AvgIpc) is 2.83. The van der Waals surface area contributed by atoms with Crippen LogP contribution in [0.5, 0.6) is 11.5 Å². The maximum absolute atomic E-state index is 6.60. The number of halogens is 3. The third kappa shape index (κ3) is 5.87. The number of hydrogen-bond acceptors (Lipinski definition) is 5. The van der Waals surface area contributed by atoms with E-state index >= 15 is 0 Å². The number of ether oxygens (including phenoxy) is 3. The summed E-state index contributed by atoms with van der Waals surface area (Å²) in [6, 6.07) is 17.5. The number of rotatable bonds is 8. The van der Waals surface area contributed by atoms with Gasteiger partial charge in [0.2, 0.25) is 0 Å². The van der Waals surface area contributed by atoms with E-state index in [1.807, 2.05) is 54.6 Å². The zero-order valence-electron chi connectivity index (χ0n) is 18.2. The maximum atomic E-state index is 6.60. The summed E-state index contributed by atoms with van der Waals surface area (Å²) < 4.78 is 18.1. The molecule has 3 aromatic rings. The van der Waals surface area contributed by atoms with Gasteiger partial charge in [0.1, 0.15) is 6.61 Å². The van der Waals surface area contributed by atoms with Gasteiger partial charge >= 0.3 is 0 Å². The van der Waals surface area contributed by atoms with E-state index < -0.39 is 0 Å². The van der Waals surface area contributed by atoms with Crippen molar-refractivity contribution in [2.24, 2.45) is 0 Å². The van der Waals surface area contributed by atoms with Crippen LogP contribution in [0, 0.1) is 0 Å². The average molecular weight is 552 g/mol. The van der Waals surface area contributed by atoms with Crippen molar-refractivity contribution >= 4 is 50.5 Å². The first-order chi connectivity index (χ1) is 16.1. The lowest BCUT2D eigenvalue weighted by Crippen LogP contribution is -2.36. The van der Waals surface area contributed by atoms with Gasteiger partial charge < -0.3 is 24.4 Å². The minimum atomic E-state index is 0.333. The van der Waals surface area contributed by atoms with E-state index in [-0.39, 0.29) is 0 Å². The quantitative estimate of drug-likeness (QED) is 0.334. The molecule has 0 radical (unpaired) electrons. The lowest BCUT2D eigenvalue weighted by atomic mass is 10.1. The van der Waals surface area contributed by atoms with Crippen molar-refractivity contribution < 1.29 is 14.2 Å². The summed E-state index contributed by atoms with van der Waals surface area (Å²) in [7, 11) is 1.63. The summed E-state index contributed by atoms with van der Waals surface area (Å²) in [4.78, 5) is 2.24. The molecule has 1 fully saturated rings. The molecule has 0 atom stereocenters. The van der Waals surface area contributed by atoms with Crippen molar-refractivity contribution in [3.8, 4) is 11.5 Å². The van der Waals surface area contributed by atoms with Gasteiger partial charge in [-0.1, -0.05) is 57.3 Å². The van der Waals surface area contributed by atoms with E-state index in [2.05, 4.69) is 26.1 Å². The predicted octanol–water partition coefficient (Wildman–Crippen LogP) is 6.79. The molecule has 8 heteroatoms. The van der Waals surface area contributed by atoms with E-state index in [9.17, 15) is 0 Å². The Balaban J connectivity index is 1.51. The number of morpholine rings is 1. The van der Waals surface area contributed by atoms with E-state index in [1.165, 1.54) is 0 Å². The van der Waals surface area contributed by atoms with Crippen LogP contribution in [-0.4, -0.2) is 33.4 Å². The number of anilines is 2. The number of hydrogen-bond donors (Lipinski definition) is 1. The monoisotopic (exact) mass is 550 g/mol. The number of nitrogens with zero attached hydrogens (tertiary/aromatic N) is 1. The molecule has 0 amide bonds. The molecular formula is C25H25BrCl2N2O3. The topological polar surface area (TPSA) is 43.0 Å². The molecule has 1 saturated heterocycles. The normalized spacial score (nSPS) is 13.6. The van der Waals surface area contributed by atoms with Gasteiger partial charge in [0, 0.05) is 45.9 Å². The highest BCUT2D eigenvalue weighted by atomic mass is 79.9. The highest BCUT2D eigenvalue weighted by Crippen LogP contribution is 2.38. The highest BCUT2D eigenvalue weighted by Gasteiger charge is 2.17. The molecule has 174 valence electrons. The second-order valence-corrected chi connectivity index (χ2v) is 9.23. The fourth-order valence-corrected chi connectivity index (χ4v) is 4.64.